The van der Waals surface area contributed by atoms with E-state index in [-0.39, 0.29) is 5.91 Å². The maximum absolute atomic E-state index is 12.3. The summed E-state index contributed by atoms with van der Waals surface area (Å²) in [5.74, 6) is 1.20. The largest absolute Gasteiger partial charge is 0.367 e. The van der Waals surface area contributed by atoms with Gasteiger partial charge in [-0.1, -0.05) is 38.1 Å². The number of carbonyl (C=O) groups excluding carboxylic acids is 1. The number of carbonyl (C=O) groups is 1. The number of amides is 1. The normalized spacial score (nSPS) is 21.9. The summed E-state index contributed by atoms with van der Waals surface area (Å²) in [4.78, 5) is 17.2. The molecule has 152 valence electrons. The molecule has 2 aromatic carbocycles. The third-order valence-electron chi connectivity index (χ3n) is 6.23. The number of hydrogen-bond donors (Lipinski definition) is 1. The van der Waals surface area contributed by atoms with Gasteiger partial charge in [0.2, 0.25) is 5.91 Å². The van der Waals surface area contributed by atoms with Crippen molar-refractivity contribution in [3.05, 3.63) is 65.7 Å². The Morgan fingerprint density at radius 3 is 2.48 bits per heavy atom. The number of nitrogens with one attached hydrogen (secondary N) is 1. The molecule has 0 unspecified atom stereocenters. The zero-order valence-electron chi connectivity index (χ0n) is 17.6. The summed E-state index contributed by atoms with van der Waals surface area (Å²) >= 11 is 0. The Bertz CT molecular complexity index is 870. The molecule has 4 nitrogen and oxygen atoms in total. The van der Waals surface area contributed by atoms with E-state index >= 15 is 0 Å². The van der Waals surface area contributed by atoms with Crippen LogP contribution in [0.25, 0.3) is 6.08 Å². The van der Waals surface area contributed by atoms with Crippen molar-refractivity contribution in [2.24, 2.45) is 5.92 Å². The van der Waals surface area contributed by atoms with E-state index in [2.05, 4.69) is 72.4 Å². The van der Waals surface area contributed by atoms with Crippen molar-refractivity contribution >= 4 is 23.4 Å². The number of fused-ring (bicyclic) bond motifs is 1. The SMILES string of the molecule is CC(C)c1ccc(/C=C/C(=O)Nc2ccc(N3CC[C@H]4CN(C)C[C@H]43)cc2)cc1. The van der Waals surface area contributed by atoms with Crippen LogP contribution in [0, 0.1) is 5.92 Å². The summed E-state index contributed by atoms with van der Waals surface area (Å²) in [7, 11) is 2.21. The maximum Gasteiger partial charge on any atom is 0.248 e. The van der Waals surface area contributed by atoms with Gasteiger partial charge < -0.3 is 15.1 Å². The van der Waals surface area contributed by atoms with E-state index in [0.29, 0.717) is 12.0 Å². The molecule has 0 saturated carbocycles. The first-order chi connectivity index (χ1) is 14.0. The highest BCUT2D eigenvalue weighted by molar-refractivity contribution is 6.02. The van der Waals surface area contributed by atoms with Crippen LogP contribution in [0.4, 0.5) is 11.4 Å². The summed E-state index contributed by atoms with van der Waals surface area (Å²) in [5, 5.41) is 2.96. The fraction of sp³-hybridized carbons (Fsp3) is 0.400. The van der Waals surface area contributed by atoms with E-state index < -0.39 is 0 Å². The molecule has 0 spiro atoms. The highest BCUT2D eigenvalue weighted by Crippen LogP contribution is 2.34. The van der Waals surface area contributed by atoms with Crippen molar-refractivity contribution in [3.8, 4) is 0 Å². The van der Waals surface area contributed by atoms with E-state index in [1.165, 1.54) is 24.2 Å². The maximum atomic E-state index is 12.3. The number of benzene rings is 2. The van der Waals surface area contributed by atoms with E-state index in [0.717, 1.165) is 30.3 Å². The van der Waals surface area contributed by atoms with Crippen LogP contribution in [0.5, 0.6) is 0 Å². The quantitative estimate of drug-likeness (QED) is 0.759. The Morgan fingerprint density at radius 1 is 1.07 bits per heavy atom. The predicted molar refractivity (Wildman–Crippen MR) is 121 cm³/mol. The lowest BCUT2D eigenvalue weighted by Crippen LogP contribution is -2.34. The molecule has 2 heterocycles. The molecule has 2 aliphatic heterocycles. The minimum Gasteiger partial charge on any atom is -0.367 e. The average Bonchev–Trinajstić information content (AvgIpc) is 3.26. The minimum atomic E-state index is -0.107. The highest BCUT2D eigenvalue weighted by atomic mass is 16.1. The first-order valence-electron chi connectivity index (χ1n) is 10.6. The van der Waals surface area contributed by atoms with Crippen LogP contribution < -0.4 is 10.2 Å². The summed E-state index contributed by atoms with van der Waals surface area (Å²) in [6.07, 6.45) is 4.73. The van der Waals surface area contributed by atoms with E-state index in [1.54, 1.807) is 6.08 Å². The Balaban J connectivity index is 1.34. The number of likely N-dealkylation sites (tertiary alicyclic amines) is 1. The number of anilines is 2. The van der Waals surface area contributed by atoms with Crippen molar-refractivity contribution in [2.45, 2.75) is 32.2 Å². The van der Waals surface area contributed by atoms with Crippen LogP contribution in [0.2, 0.25) is 0 Å². The zero-order valence-corrected chi connectivity index (χ0v) is 17.6. The van der Waals surface area contributed by atoms with Crippen LogP contribution in [0.1, 0.15) is 37.3 Å². The van der Waals surface area contributed by atoms with Crippen LogP contribution in [0.15, 0.2) is 54.6 Å². The fourth-order valence-corrected chi connectivity index (χ4v) is 4.58. The molecule has 4 heteroatoms. The van der Waals surface area contributed by atoms with Gasteiger partial charge >= 0.3 is 0 Å². The molecule has 29 heavy (non-hydrogen) atoms. The second-order valence-electron chi connectivity index (χ2n) is 8.72. The van der Waals surface area contributed by atoms with Crippen LogP contribution in [-0.4, -0.2) is 43.5 Å². The molecular formula is C25H31N3O. The van der Waals surface area contributed by atoms with Crippen molar-refractivity contribution in [1.29, 1.82) is 0 Å². The molecule has 0 aliphatic carbocycles. The van der Waals surface area contributed by atoms with Crippen molar-refractivity contribution in [1.82, 2.24) is 4.90 Å². The Kier molecular flexibility index (Phi) is 5.72. The molecule has 1 N–H and O–H groups in total. The van der Waals surface area contributed by atoms with Crippen LogP contribution in [0.3, 0.4) is 0 Å². The molecule has 4 rings (SSSR count). The molecule has 2 fully saturated rings. The van der Waals surface area contributed by atoms with Crippen LogP contribution >= 0.6 is 0 Å². The lowest BCUT2D eigenvalue weighted by Gasteiger charge is -2.26. The highest BCUT2D eigenvalue weighted by Gasteiger charge is 2.39. The first kappa shape index (κ1) is 19.7. The smallest absolute Gasteiger partial charge is 0.248 e. The van der Waals surface area contributed by atoms with Gasteiger partial charge in [-0.2, -0.15) is 0 Å². The second kappa shape index (κ2) is 8.42. The number of likely N-dealkylation sites (N-methyl/N-ethyl adjacent to an activating group) is 1. The molecule has 2 saturated heterocycles. The summed E-state index contributed by atoms with van der Waals surface area (Å²) in [5.41, 5.74) is 4.43. The van der Waals surface area contributed by atoms with Crippen molar-refractivity contribution in [2.75, 3.05) is 36.9 Å². The molecule has 2 atom stereocenters. The number of hydrogen-bond acceptors (Lipinski definition) is 3. The third-order valence-corrected chi connectivity index (χ3v) is 6.23. The number of rotatable bonds is 5. The summed E-state index contributed by atoms with van der Waals surface area (Å²) < 4.78 is 0. The van der Waals surface area contributed by atoms with Gasteiger partial charge in [-0.3, -0.25) is 4.79 Å². The molecule has 0 aromatic heterocycles. The fourth-order valence-electron chi connectivity index (χ4n) is 4.58. The molecular weight excluding hydrogens is 358 g/mol. The average molecular weight is 390 g/mol. The van der Waals surface area contributed by atoms with Crippen LogP contribution in [-0.2, 0) is 4.79 Å². The Hall–Kier alpha value is -2.59. The third kappa shape index (κ3) is 4.54. The molecule has 0 radical (unpaired) electrons. The van der Waals surface area contributed by atoms with Crippen molar-refractivity contribution in [3.63, 3.8) is 0 Å². The minimum absolute atomic E-state index is 0.107. The van der Waals surface area contributed by atoms with E-state index in [9.17, 15) is 4.79 Å². The van der Waals surface area contributed by atoms with E-state index in [1.807, 2.05) is 18.2 Å². The summed E-state index contributed by atoms with van der Waals surface area (Å²) in [6.45, 7) is 7.84. The Morgan fingerprint density at radius 2 is 1.79 bits per heavy atom. The molecule has 1 amide bonds. The Labute approximate surface area is 174 Å². The molecule has 0 bridgehead atoms. The van der Waals surface area contributed by atoms with Gasteiger partial charge in [0.05, 0.1) is 0 Å². The van der Waals surface area contributed by atoms with E-state index in [4.69, 9.17) is 0 Å². The van der Waals surface area contributed by atoms with Crippen molar-refractivity contribution < 1.29 is 4.79 Å². The number of nitrogens with zero attached hydrogens (tertiary/aromatic N) is 2. The first-order valence-corrected chi connectivity index (χ1v) is 10.6. The van der Waals surface area contributed by atoms with Gasteiger partial charge in [-0.05, 0) is 66.8 Å². The second-order valence-corrected chi connectivity index (χ2v) is 8.72. The topological polar surface area (TPSA) is 35.6 Å². The van der Waals surface area contributed by atoms with Gasteiger partial charge in [0.1, 0.15) is 0 Å². The zero-order chi connectivity index (χ0) is 20.4. The van der Waals surface area contributed by atoms with Gasteiger partial charge in [0.15, 0.2) is 0 Å². The van der Waals surface area contributed by atoms with Gasteiger partial charge in [-0.15, -0.1) is 0 Å². The lowest BCUT2D eigenvalue weighted by molar-refractivity contribution is -0.111. The monoisotopic (exact) mass is 389 g/mol. The molecule has 2 aliphatic rings. The predicted octanol–water partition coefficient (Wildman–Crippen LogP) is 4.60. The standard InChI is InChI=1S/C25H31N3O/c1-18(2)20-7-4-19(5-8-20)6-13-25(29)26-22-9-11-23(12-10-22)28-15-14-21-16-27(3)17-24(21)28/h4-13,18,21,24H,14-17H2,1-3H3,(H,26,29)/b13-6+/t21-,24+/m0/s1. The summed E-state index contributed by atoms with van der Waals surface area (Å²) in [6, 6.07) is 17.2. The van der Waals surface area contributed by atoms with Gasteiger partial charge in [0.25, 0.3) is 0 Å². The van der Waals surface area contributed by atoms with Gasteiger partial charge in [0, 0.05) is 43.1 Å². The van der Waals surface area contributed by atoms with Gasteiger partial charge in [-0.25, -0.2) is 0 Å². The lowest BCUT2D eigenvalue weighted by atomic mass is 10.0. The molecule has 2 aromatic rings.